The summed E-state index contributed by atoms with van der Waals surface area (Å²) in [4.78, 5) is 17.8. The van der Waals surface area contributed by atoms with E-state index in [1.54, 1.807) is 25.1 Å². The van der Waals surface area contributed by atoms with Crippen LogP contribution in [0, 0.1) is 0 Å². The molecule has 0 saturated carbocycles. The molecule has 118 valence electrons. The number of benzene rings is 1. The number of rotatable bonds is 7. The summed E-state index contributed by atoms with van der Waals surface area (Å²) in [6, 6.07) is 9.75. The highest BCUT2D eigenvalue weighted by Crippen LogP contribution is 2.20. The van der Waals surface area contributed by atoms with E-state index in [1.807, 2.05) is 30.3 Å². The summed E-state index contributed by atoms with van der Waals surface area (Å²) in [6.07, 6.45) is 2.71. The summed E-state index contributed by atoms with van der Waals surface area (Å²) in [6.45, 7) is 2.27. The number of aryl methyl sites for hydroxylation is 1. The number of aliphatic hydroxyl groups is 1. The molecule has 1 aromatic carbocycles. The zero-order chi connectivity index (χ0) is 15.9. The third kappa shape index (κ3) is 4.70. The Morgan fingerprint density at radius 1 is 1.36 bits per heavy atom. The van der Waals surface area contributed by atoms with Crippen molar-refractivity contribution in [3.63, 3.8) is 0 Å². The Morgan fingerprint density at radius 2 is 2.09 bits per heavy atom. The fourth-order valence-corrected chi connectivity index (χ4v) is 2.07. The first-order chi connectivity index (χ1) is 10.6. The maximum Gasteiger partial charge on any atom is 0.222 e. The van der Waals surface area contributed by atoms with Crippen LogP contribution in [0.1, 0.15) is 25.7 Å². The Balaban J connectivity index is 1.85. The summed E-state index contributed by atoms with van der Waals surface area (Å²) >= 11 is 0. The van der Waals surface area contributed by atoms with Gasteiger partial charge in [-0.3, -0.25) is 4.79 Å². The van der Waals surface area contributed by atoms with Crippen molar-refractivity contribution in [1.82, 2.24) is 9.88 Å². The summed E-state index contributed by atoms with van der Waals surface area (Å²) in [5.74, 6) is 1.31. The Labute approximate surface area is 130 Å². The third-order valence-corrected chi connectivity index (χ3v) is 3.47. The Kier molecular flexibility index (Phi) is 5.72. The van der Waals surface area contributed by atoms with Crippen LogP contribution in [-0.4, -0.2) is 40.6 Å². The fraction of sp³-hybridized carbons (Fsp3) is 0.412. The van der Waals surface area contributed by atoms with E-state index in [9.17, 15) is 9.90 Å². The number of carbonyl (C=O) groups is 1. The first kappa shape index (κ1) is 16.2. The molecule has 0 aliphatic heterocycles. The number of aliphatic hydroxyl groups excluding tert-OH is 1. The first-order valence-electron chi connectivity index (χ1n) is 7.48. The highest BCUT2D eigenvalue weighted by atomic mass is 16.4. The minimum absolute atomic E-state index is 0.0279. The van der Waals surface area contributed by atoms with Gasteiger partial charge in [0.05, 0.1) is 12.3 Å². The Bertz CT molecular complexity index is 593. The van der Waals surface area contributed by atoms with E-state index in [0.717, 1.165) is 5.56 Å². The number of aromatic nitrogens is 1. The van der Waals surface area contributed by atoms with Gasteiger partial charge in [-0.15, -0.1) is 0 Å². The van der Waals surface area contributed by atoms with E-state index in [2.05, 4.69) is 4.98 Å². The van der Waals surface area contributed by atoms with Gasteiger partial charge in [-0.25, -0.2) is 4.98 Å². The smallest absolute Gasteiger partial charge is 0.222 e. The number of hydrogen-bond donors (Lipinski definition) is 1. The predicted molar refractivity (Wildman–Crippen MR) is 84.2 cm³/mol. The van der Waals surface area contributed by atoms with Crippen molar-refractivity contribution >= 4 is 5.91 Å². The molecule has 1 N–H and O–H groups in total. The molecule has 1 heterocycles. The van der Waals surface area contributed by atoms with E-state index in [-0.39, 0.29) is 5.91 Å². The minimum Gasteiger partial charge on any atom is -0.441 e. The Hall–Kier alpha value is -2.14. The number of oxazole rings is 1. The largest absolute Gasteiger partial charge is 0.441 e. The zero-order valence-electron chi connectivity index (χ0n) is 13.0. The van der Waals surface area contributed by atoms with Gasteiger partial charge < -0.3 is 14.4 Å². The lowest BCUT2D eigenvalue weighted by molar-refractivity contribution is -0.130. The number of nitrogens with zero attached hydrogens (tertiary/aromatic N) is 2. The first-order valence-corrected chi connectivity index (χ1v) is 7.48. The second-order valence-electron chi connectivity index (χ2n) is 5.44. The molecule has 0 spiro atoms. The van der Waals surface area contributed by atoms with Gasteiger partial charge in [0.15, 0.2) is 11.7 Å². The highest BCUT2D eigenvalue weighted by molar-refractivity contribution is 5.76. The van der Waals surface area contributed by atoms with E-state index in [0.29, 0.717) is 37.5 Å². The molecular weight excluding hydrogens is 280 g/mol. The number of carbonyl (C=O) groups excluding carboxylic acids is 1. The van der Waals surface area contributed by atoms with Gasteiger partial charge in [0, 0.05) is 32.0 Å². The van der Waals surface area contributed by atoms with E-state index >= 15 is 0 Å². The van der Waals surface area contributed by atoms with Crippen molar-refractivity contribution in [1.29, 1.82) is 0 Å². The van der Waals surface area contributed by atoms with Gasteiger partial charge in [0.25, 0.3) is 0 Å². The average molecular weight is 302 g/mol. The summed E-state index contributed by atoms with van der Waals surface area (Å²) in [7, 11) is 1.75. The van der Waals surface area contributed by atoms with Gasteiger partial charge in [0.1, 0.15) is 0 Å². The van der Waals surface area contributed by atoms with Crippen LogP contribution in [0.15, 0.2) is 40.9 Å². The standard InChI is InChI=1S/C17H22N2O3/c1-13(20)10-11-19(2)17(21)9-8-16-18-12-15(22-16)14-6-4-3-5-7-14/h3-7,12-13,20H,8-11H2,1-2H3. The molecule has 0 bridgehead atoms. The monoisotopic (exact) mass is 302 g/mol. The van der Waals surface area contributed by atoms with Crippen LogP contribution in [0.4, 0.5) is 0 Å². The van der Waals surface area contributed by atoms with Crippen LogP contribution in [0.5, 0.6) is 0 Å². The molecule has 1 unspecified atom stereocenters. The molecule has 5 heteroatoms. The molecular formula is C17H22N2O3. The van der Waals surface area contributed by atoms with Crippen molar-refractivity contribution in [3.05, 3.63) is 42.4 Å². The summed E-state index contributed by atoms with van der Waals surface area (Å²) < 4.78 is 5.68. The molecule has 0 radical (unpaired) electrons. The maximum atomic E-state index is 12.0. The molecule has 1 aromatic heterocycles. The molecule has 5 nitrogen and oxygen atoms in total. The fourth-order valence-electron chi connectivity index (χ4n) is 2.07. The van der Waals surface area contributed by atoms with E-state index in [1.165, 1.54) is 0 Å². The van der Waals surface area contributed by atoms with Gasteiger partial charge in [-0.05, 0) is 13.3 Å². The van der Waals surface area contributed by atoms with Crippen molar-refractivity contribution in [2.45, 2.75) is 32.3 Å². The summed E-state index contributed by atoms with van der Waals surface area (Å²) in [5, 5.41) is 9.24. The molecule has 0 fully saturated rings. The van der Waals surface area contributed by atoms with Crippen LogP contribution in [0.25, 0.3) is 11.3 Å². The summed E-state index contributed by atoms with van der Waals surface area (Å²) in [5.41, 5.74) is 0.974. The predicted octanol–water partition coefficient (Wildman–Crippen LogP) is 2.50. The van der Waals surface area contributed by atoms with Gasteiger partial charge in [-0.2, -0.15) is 0 Å². The molecule has 22 heavy (non-hydrogen) atoms. The van der Waals surface area contributed by atoms with Crippen LogP contribution >= 0.6 is 0 Å². The lowest BCUT2D eigenvalue weighted by atomic mass is 10.2. The van der Waals surface area contributed by atoms with Gasteiger partial charge in [0.2, 0.25) is 5.91 Å². The second kappa shape index (κ2) is 7.75. The van der Waals surface area contributed by atoms with Crippen molar-refractivity contribution in [2.24, 2.45) is 0 Å². The third-order valence-electron chi connectivity index (χ3n) is 3.47. The molecule has 1 atom stereocenters. The minimum atomic E-state index is -0.393. The van der Waals surface area contributed by atoms with E-state index in [4.69, 9.17) is 4.42 Å². The van der Waals surface area contributed by atoms with Crippen LogP contribution < -0.4 is 0 Å². The molecule has 2 rings (SSSR count). The van der Waals surface area contributed by atoms with Gasteiger partial charge in [-0.1, -0.05) is 30.3 Å². The molecule has 0 aliphatic carbocycles. The van der Waals surface area contributed by atoms with Crippen LogP contribution in [-0.2, 0) is 11.2 Å². The quantitative estimate of drug-likeness (QED) is 0.853. The van der Waals surface area contributed by atoms with Crippen LogP contribution in [0.2, 0.25) is 0 Å². The SMILES string of the molecule is CC(O)CCN(C)C(=O)CCc1ncc(-c2ccccc2)o1. The van der Waals surface area contributed by atoms with Crippen molar-refractivity contribution in [2.75, 3.05) is 13.6 Å². The highest BCUT2D eigenvalue weighted by Gasteiger charge is 2.12. The lowest BCUT2D eigenvalue weighted by Crippen LogP contribution is -2.29. The second-order valence-corrected chi connectivity index (χ2v) is 5.44. The van der Waals surface area contributed by atoms with Crippen molar-refractivity contribution < 1.29 is 14.3 Å². The van der Waals surface area contributed by atoms with Crippen LogP contribution in [0.3, 0.4) is 0 Å². The topological polar surface area (TPSA) is 66.6 Å². The molecule has 0 saturated heterocycles. The van der Waals surface area contributed by atoms with Gasteiger partial charge >= 0.3 is 0 Å². The zero-order valence-corrected chi connectivity index (χ0v) is 13.0. The lowest BCUT2D eigenvalue weighted by Gasteiger charge is -2.17. The normalized spacial score (nSPS) is 12.1. The number of hydrogen-bond acceptors (Lipinski definition) is 4. The maximum absolute atomic E-state index is 12.0. The molecule has 1 amide bonds. The average Bonchev–Trinajstić information content (AvgIpc) is 3.00. The number of amides is 1. The molecule has 0 aliphatic rings. The van der Waals surface area contributed by atoms with E-state index < -0.39 is 6.10 Å². The Morgan fingerprint density at radius 3 is 2.77 bits per heavy atom. The molecule has 2 aromatic rings. The van der Waals surface area contributed by atoms with Crippen molar-refractivity contribution in [3.8, 4) is 11.3 Å².